The van der Waals surface area contributed by atoms with Crippen LogP contribution in [0.2, 0.25) is 0 Å². The van der Waals surface area contributed by atoms with Gasteiger partial charge in [-0.05, 0) is 6.42 Å². The van der Waals surface area contributed by atoms with Crippen LogP contribution in [0.15, 0.2) is 5.16 Å². The normalized spacial score (nSPS) is 15.5. The fourth-order valence-corrected chi connectivity index (χ4v) is 1.38. The highest BCUT2D eigenvalue weighted by Crippen LogP contribution is 2.01. The number of oxime groups is 1. The first-order valence-corrected chi connectivity index (χ1v) is 5.65. The molecule has 0 aromatic rings. The molecule has 0 unspecified atom stereocenters. The van der Waals surface area contributed by atoms with Gasteiger partial charge in [0.1, 0.15) is 0 Å². The van der Waals surface area contributed by atoms with Gasteiger partial charge in [-0.3, -0.25) is 10.3 Å². The zero-order valence-electron chi connectivity index (χ0n) is 10.1. The first kappa shape index (κ1) is 13.9. The summed E-state index contributed by atoms with van der Waals surface area (Å²) in [4.78, 5) is 23.9. The average molecular weight is 256 g/mol. The van der Waals surface area contributed by atoms with Gasteiger partial charge in [0, 0.05) is 13.1 Å². The number of hydrogen-bond donors (Lipinski definition) is 3. The fraction of sp³-hybridized carbons (Fsp3) is 0.600. The molecule has 1 rings (SSSR count). The van der Waals surface area contributed by atoms with E-state index in [0.29, 0.717) is 13.0 Å². The van der Waals surface area contributed by atoms with Crippen molar-refractivity contribution in [1.29, 1.82) is 5.41 Å². The Bertz CT molecular complexity index is 380. The molecule has 18 heavy (non-hydrogen) atoms. The van der Waals surface area contributed by atoms with E-state index in [1.165, 1.54) is 0 Å². The Morgan fingerprint density at radius 2 is 2.39 bits per heavy atom. The molecule has 0 atom stereocenters. The van der Waals surface area contributed by atoms with E-state index in [9.17, 15) is 9.59 Å². The van der Waals surface area contributed by atoms with Crippen LogP contribution in [0.4, 0.5) is 4.79 Å². The van der Waals surface area contributed by atoms with Crippen LogP contribution in [0.3, 0.4) is 0 Å². The number of amides is 2. The van der Waals surface area contributed by atoms with Crippen molar-refractivity contribution in [3.63, 3.8) is 0 Å². The molecule has 0 spiro atoms. The Morgan fingerprint density at radius 3 is 2.89 bits per heavy atom. The molecule has 0 saturated carbocycles. The van der Waals surface area contributed by atoms with Gasteiger partial charge in [-0.25, -0.2) is 9.59 Å². The zero-order chi connectivity index (χ0) is 13.5. The molecule has 8 heteroatoms. The van der Waals surface area contributed by atoms with Crippen molar-refractivity contribution in [2.75, 3.05) is 19.7 Å². The SMILES string of the molecule is CCCCOC(=O)/C(=N\O)C(=N)N1CCNC1=O. The second-order valence-corrected chi connectivity index (χ2v) is 3.67. The molecule has 0 radical (unpaired) electrons. The van der Waals surface area contributed by atoms with E-state index < -0.39 is 23.5 Å². The lowest BCUT2D eigenvalue weighted by Gasteiger charge is -2.15. The number of hydrogen-bond acceptors (Lipinski definition) is 6. The number of urea groups is 1. The summed E-state index contributed by atoms with van der Waals surface area (Å²) in [6, 6.07) is -0.498. The summed E-state index contributed by atoms with van der Waals surface area (Å²) in [5, 5.41) is 21.6. The largest absolute Gasteiger partial charge is 0.461 e. The van der Waals surface area contributed by atoms with Crippen molar-refractivity contribution < 1.29 is 19.5 Å². The quantitative estimate of drug-likeness (QED) is 0.162. The molecule has 3 N–H and O–H groups in total. The van der Waals surface area contributed by atoms with Gasteiger partial charge < -0.3 is 15.3 Å². The molecule has 1 fully saturated rings. The van der Waals surface area contributed by atoms with Gasteiger partial charge in [-0.2, -0.15) is 0 Å². The molecule has 1 aliphatic heterocycles. The van der Waals surface area contributed by atoms with Crippen molar-refractivity contribution in [2.45, 2.75) is 19.8 Å². The number of amidine groups is 1. The summed E-state index contributed by atoms with van der Waals surface area (Å²) in [7, 11) is 0. The average Bonchev–Trinajstić information content (AvgIpc) is 2.76. The number of carbonyl (C=O) groups excluding carboxylic acids is 2. The van der Waals surface area contributed by atoms with Crippen LogP contribution in [0.1, 0.15) is 19.8 Å². The van der Waals surface area contributed by atoms with E-state index in [-0.39, 0.29) is 13.2 Å². The van der Waals surface area contributed by atoms with Crippen LogP contribution < -0.4 is 5.32 Å². The van der Waals surface area contributed by atoms with Crippen LogP contribution >= 0.6 is 0 Å². The zero-order valence-corrected chi connectivity index (χ0v) is 10.1. The topological polar surface area (TPSA) is 115 Å². The summed E-state index contributed by atoms with van der Waals surface area (Å²) in [5.41, 5.74) is -0.567. The monoisotopic (exact) mass is 256 g/mol. The third-order valence-corrected chi connectivity index (χ3v) is 2.38. The van der Waals surface area contributed by atoms with Crippen LogP contribution in [0, 0.1) is 5.41 Å². The number of esters is 1. The van der Waals surface area contributed by atoms with Crippen LogP contribution in [0.25, 0.3) is 0 Å². The number of rotatable bonds is 5. The second kappa shape index (κ2) is 6.58. The fourth-order valence-electron chi connectivity index (χ4n) is 1.38. The molecule has 0 aromatic heterocycles. The van der Waals surface area contributed by atoms with Gasteiger partial charge in [0.2, 0.25) is 5.71 Å². The van der Waals surface area contributed by atoms with Gasteiger partial charge in [0.15, 0.2) is 5.84 Å². The first-order valence-electron chi connectivity index (χ1n) is 5.65. The lowest BCUT2D eigenvalue weighted by Crippen LogP contribution is -2.42. The van der Waals surface area contributed by atoms with E-state index in [2.05, 4.69) is 10.5 Å². The highest BCUT2D eigenvalue weighted by atomic mass is 16.5. The van der Waals surface area contributed by atoms with E-state index in [4.69, 9.17) is 15.4 Å². The Balaban J connectivity index is 2.63. The van der Waals surface area contributed by atoms with Crippen molar-refractivity contribution >= 4 is 23.5 Å². The Hall–Kier alpha value is -2.12. The van der Waals surface area contributed by atoms with Crippen molar-refractivity contribution in [1.82, 2.24) is 10.2 Å². The smallest absolute Gasteiger partial charge is 0.364 e. The number of ether oxygens (including phenoxy) is 1. The standard InChI is InChI=1S/C10H16N4O4/c1-2-3-6-18-9(15)7(13-17)8(11)14-5-4-12-10(14)16/h11,17H,2-6H2,1H3,(H,12,16)/b11-8?,13-7-. The molecular formula is C10H16N4O4. The van der Waals surface area contributed by atoms with Gasteiger partial charge >= 0.3 is 12.0 Å². The predicted molar refractivity (Wildman–Crippen MR) is 62.9 cm³/mol. The second-order valence-electron chi connectivity index (χ2n) is 3.67. The molecule has 2 amide bonds. The molecule has 0 aromatic carbocycles. The number of nitrogens with one attached hydrogen (secondary N) is 2. The number of nitrogens with zero attached hydrogens (tertiary/aromatic N) is 2. The molecule has 0 aliphatic carbocycles. The van der Waals surface area contributed by atoms with Crippen LogP contribution in [0.5, 0.6) is 0 Å². The lowest BCUT2D eigenvalue weighted by molar-refractivity contribution is -0.135. The third-order valence-electron chi connectivity index (χ3n) is 2.38. The highest BCUT2D eigenvalue weighted by Gasteiger charge is 2.31. The third kappa shape index (κ3) is 3.19. The summed E-state index contributed by atoms with van der Waals surface area (Å²) >= 11 is 0. The van der Waals surface area contributed by atoms with Gasteiger partial charge in [0.05, 0.1) is 6.61 Å². The van der Waals surface area contributed by atoms with Gasteiger partial charge in [-0.15, -0.1) is 0 Å². The minimum atomic E-state index is -0.907. The van der Waals surface area contributed by atoms with Crippen LogP contribution in [-0.2, 0) is 9.53 Å². The highest BCUT2D eigenvalue weighted by molar-refractivity contribution is 6.65. The van der Waals surface area contributed by atoms with E-state index >= 15 is 0 Å². The maximum absolute atomic E-state index is 11.5. The first-order chi connectivity index (χ1) is 8.61. The van der Waals surface area contributed by atoms with Gasteiger partial charge in [-0.1, -0.05) is 18.5 Å². The van der Waals surface area contributed by atoms with Crippen molar-refractivity contribution in [3.8, 4) is 0 Å². The molecule has 1 heterocycles. The molecule has 1 saturated heterocycles. The van der Waals surface area contributed by atoms with Gasteiger partial charge in [0.25, 0.3) is 0 Å². The number of carbonyl (C=O) groups is 2. The van der Waals surface area contributed by atoms with E-state index in [0.717, 1.165) is 11.3 Å². The Morgan fingerprint density at radius 1 is 1.67 bits per heavy atom. The predicted octanol–water partition coefficient (Wildman–Crippen LogP) is 0.162. The minimum absolute atomic E-state index is 0.188. The Kier molecular flexibility index (Phi) is 5.09. The van der Waals surface area contributed by atoms with E-state index in [1.807, 2.05) is 6.92 Å². The van der Waals surface area contributed by atoms with Crippen molar-refractivity contribution in [2.24, 2.45) is 5.16 Å². The molecular weight excluding hydrogens is 240 g/mol. The molecule has 0 bridgehead atoms. The molecule has 1 aliphatic rings. The maximum Gasteiger partial charge on any atom is 0.364 e. The summed E-state index contributed by atoms with van der Waals surface area (Å²) < 4.78 is 4.82. The summed E-state index contributed by atoms with van der Waals surface area (Å²) in [5.74, 6) is -1.37. The van der Waals surface area contributed by atoms with Crippen molar-refractivity contribution in [3.05, 3.63) is 0 Å². The number of unbranched alkanes of at least 4 members (excludes halogenated alkanes) is 1. The lowest BCUT2D eigenvalue weighted by atomic mass is 10.3. The minimum Gasteiger partial charge on any atom is -0.461 e. The molecule has 100 valence electrons. The maximum atomic E-state index is 11.5. The Labute approximate surface area is 104 Å². The van der Waals surface area contributed by atoms with Crippen LogP contribution in [-0.4, -0.2) is 53.4 Å². The molecule has 8 nitrogen and oxygen atoms in total. The summed E-state index contributed by atoms with van der Waals surface area (Å²) in [6.07, 6.45) is 1.53. The van der Waals surface area contributed by atoms with E-state index in [1.54, 1.807) is 0 Å². The summed E-state index contributed by atoms with van der Waals surface area (Å²) in [6.45, 7) is 2.75.